The molecule has 1 aliphatic carbocycles. The largest absolute Gasteiger partial charge is 0.338 e. The average molecular weight is 237 g/mol. The van der Waals surface area contributed by atoms with Crippen molar-refractivity contribution in [3.8, 4) is 0 Å². The van der Waals surface area contributed by atoms with Crippen molar-refractivity contribution in [1.82, 2.24) is 10.1 Å². The van der Waals surface area contributed by atoms with Gasteiger partial charge in [0, 0.05) is 12.5 Å². The molecule has 1 aromatic heterocycles. The van der Waals surface area contributed by atoms with Crippen LogP contribution in [0.5, 0.6) is 0 Å². The minimum absolute atomic E-state index is 0.513. The molecule has 4 nitrogen and oxygen atoms in total. The molecule has 1 fully saturated rings. The third kappa shape index (κ3) is 3.20. The molecular formula is C13H23N3O. The van der Waals surface area contributed by atoms with Crippen LogP contribution in [-0.4, -0.2) is 16.7 Å². The molecule has 1 aromatic rings. The number of hydrogen-bond acceptors (Lipinski definition) is 4. The van der Waals surface area contributed by atoms with Gasteiger partial charge in [0.05, 0.1) is 0 Å². The zero-order chi connectivity index (χ0) is 12.1. The minimum Gasteiger partial charge on any atom is -0.338 e. The molecule has 1 N–H and O–H groups in total. The number of aromatic nitrogens is 2. The van der Waals surface area contributed by atoms with Gasteiger partial charge in [0.1, 0.15) is 0 Å². The van der Waals surface area contributed by atoms with Crippen molar-refractivity contribution in [3.63, 3.8) is 0 Å². The zero-order valence-corrected chi connectivity index (χ0v) is 10.9. The molecule has 17 heavy (non-hydrogen) atoms. The molecule has 1 saturated carbocycles. The molecule has 0 unspecified atom stereocenters. The van der Waals surface area contributed by atoms with Gasteiger partial charge in [-0.15, -0.1) is 0 Å². The molecule has 0 amide bonds. The van der Waals surface area contributed by atoms with Gasteiger partial charge in [0.2, 0.25) is 0 Å². The monoisotopic (exact) mass is 237 g/mol. The molecule has 0 aliphatic heterocycles. The Labute approximate surface area is 103 Å². The summed E-state index contributed by atoms with van der Waals surface area (Å²) in [4.78, 5) is 4.41. The van der Waals surface area contributed by atoms with Crippen molar-refractivity contribution in [3.05, 3.63) is 5.82 Å². The van der Waals surface area contributed by atoms with E-state index in [9.17, 15) is 0 Å². The first-order chi connectivity index (χ1) is 8.33. The Kier molecular flexibility index (Phi) is 4.40. The summed E-state index contributed by atoms with van der Waals surface area (Å²) in [6.45, 7) is 5.12. The molecule has 1 heterocycles. The van der Waals surface area contributed by atoms with Crippen molar-refractivity contribution in [1.29, 1.82) is 0 Å². The lowest BCUT2D eigenvalue weighted by Gasteiger charge is -2.26. The van der Waals surface area contributed by atoms with E-state index in [1.54, 1.807) is 0 Å². The van der Waals surface area contributed by atoms with Gasteiger partial charge in [0.25, 0.3) is 0 Å². The standard InChI is InChI=1S/C13H23N3O/c1-3-5-10-6-8-11(9-7-10)12-15-13(14-4-2)17-16-12/h10-11H,3-9H2,1-2H3,(H,14,15,16). The van der Waals surface area contributed by atoms with Crippen LogP contribution in [0.4, 0.5) is 6.01 Å². The van der Waals surface area contributed by atoms with E-state index in [0.29, 0.717) is 11.9 Å². The first-order valence-corrected chi connectivity index (χ1v) is 6.91. The molecule has 0 aromatic carbocycles. The van der Waals surface area contributed by atoms with Crippen molar-refractivity contribution in [2.75, 3.05) is 11.9 Å². The molecule has 0 bridgehead atoms. The third-order valence-corrected chi connectivity index (χ3v) is 3.68. The van der Waals surface area contributed by atoms with Crippen LogP contribution in [0.3, 0.4) is 0 Å². The van der Waals surface area contributed by atoms with E-state index in [1.807, 2.05) is 6.92 Å². The molecule has 96 valence electrons. The Morgan fingerprint density at radius 1 is 1.24 bits per heavy atom. The first-order valence-electron chi connectivity index (χ1n) is 6.91. The lowest BCUT2D eigenvalue weighted by Crippen LogP contribution is -2.14. The van der Waals surface area contributed by atoms with Crippen molar-refractivity contribution < 1.29 is 4.52 Å². The van der Waals surface area contributed by atoms with Crippen LogP contribution < -0.4 is 5.32 Å². The Balaban J connectivity index is 1.86. The van der Waals surface area contributed by atoms with Crippen LogP contribution in [0.2, 0.25) is 0 Å². The summed E-state index contributed by atoms with van der Waals surface area (Å²) < 4.78 is 5.16. The highest BCUT2D eigenvalue weighted by atomic mass is 16.5. The van der Waals surface area contributed by atoms with Gasteiger partial charge < -0.3 is 9.84 Å². The lowest BCUT2D eigenvalue weighted by atomic mass is 9.80. The first kappa shape index (κ1) is 12.4. The summed E-state index contributed by atoms with van der Waals surface area (Å²) in [5.41, 5.74) is 0. The van der Waals surface area contributed by atoms with Crippen LogP contribution in [-0.2, 0) is 0 Å². The molecule has 4 heteroatoms. The second-order valence-electron chi connectivity index (χ2n) is 4.99. The lowest BCUT2D eigenvalue weighted by molar-refractivity contribution is 0.296. The molecule has 0 spiro atoms. The quantitative estimate of drug-likeness (QED) is 0.850. The van der Waals surface area contributed by atoms with E-state index in [-0.39, 0.29) is 0 Å². The maximum absolute atomic E-state index is 5.16. The topological polar surface area (TPSA) is 51.0 Å². The highest BCUT2D eigenvalue weighted by molar-refractivity contribution is 5.18. The fourth-order valence-corrected chi connectivity index (χ4v) is 2.74. The van der Waals surface area contributed by atoms with Crippen molar-refractivity contribution >= 4 is 6.01 Å². The summed E-state index contributed by atoms with van der Waals surface area (Å²) in [5, 5.41) is 7.14. The predicted molar refractivity (Wildman–Crippen MR) is 68.1 cm³/mol. The van der Waals surface area contributed by atoms with Crippen LogP contribution in [0.1, 0.15) is 64.1 Å². The molecule has 0 radical (unpaired) electrons. The van der Waals surface area contributed by atoms with Gasteiger partial charge in [-0.05, 0) is 38.5 Å². The van der Waals surface area contributed by atoms with E-state index in [0.717, 1.165) is 18.3 Å². The highest BCUT2D eigenvalue weighted by Gasteiger charge is 2.25. The normalized spacial score (nSPS) is 24.8. The number of hydrogen-bond donors (Lipinski definition) is 1. The van der Waals surface area contributed by atoms with Gasteiger partial charge in [-0.2, -0.15) is 4.98 Å². The van der Waals surface area contributed by atoms with Crippen molar-refractivity contribution in [2.45, 2.75) is 58.3 Å². The van der Waals surface area contributed by atoms with Gasteiger partial charge in [0.15, 0.2) is 5.82 Å². The molecule has 0 saturated heterocycles. The zero-order valence-electron chi connectivity index (χ0n) is 10.9. The van der Waals surface area contributed by atoms with E-state index in [1.165, 1.54) is 38.5 Å². The van der Waals surface area contributed by atoms with E-state index >= 15 is 0 Å². The number of rotatable bonds is 5. The summed E-state index contributed by atoms with van der Waals surface area (Å²) in [5.74, 6) is 2.34. The Bertz CT molecular complexity index is 329. The number of nitrogens with one attached hydrogen (secondary N) is 1. The fraction of sp³-hybridized carbons (Fsp3) is 0.846. The molecular weight excluding hydrogens is 214 g/mol. The highest BCUT2D eigenvalue weighted by Crippen LogP contribution is 2.36. The second kappa shape index (κ2) is 6.03. The number of anilines is 1. The summed E-state index contributed by atoms with van der Waals surface area (Å²) in [7, 11) is 0. The van der Waals surface area contributed by atoms with Crippen molar-refractivity contribution in [2.24, 2.45) is 5.92 Å². The summed E-state index contributed by atoms with van der Waals surface area (Å²) >= 11 is 0. The maximum Gasteiger partial charge on any atom is 0.321 e. The summed E-state index contributed by atoms with van der Waals surface area (Å²) in [6, 6.07) is 0.568. The molecule has 2 rings (SSSR count). The van der Waals surface area contributed by atoms with Gasteiger partial charge in [-0.3, -0.25) is 0 Å². The van der Waals surface area contributed by atoms with E-state index < -0.39 is 0 Å². The Hall–Kier alpha value is -1.06. The number of nitrogens with zero attached hydrogens (tertiary/aromatic N) is 2. The Morgan fingerprint density at radius 2 is 2.00 bits per heavy atom. The molecule has 1 aliphatic rings. The van der Waals surface area contributed by atoms with Crippen LogP contribution in [0.15, 0.2) is 4.52 Å². The van der Waals surface area contributed by atoms with E-state index in [4.69, 9.17) is 4.52 Å². The van der Waals surface area contributed by atoms with Gasteiger partial charge >= 0.3 is 6.01 Å². The van der Waals surface area contributed by atoms with E-state index in [2.05, 4.69) is 22.4 Å². The predicted octanol–water partition coefficient (Wildman–Crippen LogP) is 3.58. The fourth-order valence-electron chi connectivity index (χ4n) is 2.74. The second-order valence-corrected chi connectivity index (χ2v) is 4.99. The molecule has 0 atom stereocenters. The summed E-state index contributed by atoms with van der Waals surface area (Å²) in [6.07, 6.45) is 7.77. The SMILES string of the molecule is CCCC1CCC(c2noc(NCC)n2)CC1. The van der Waals surface area contributed by atoms with Crippen LogP contribution in [0, 0.1) is 5.92 Å². The average Bonchev–Trinajstić information content (AvgIpc) is 2.80. The van der Waals surface area contributed by atoms with Crippen LogP contribution >= 0.6 is 0 Å². The smallest absolute Gasteiger partial charge is 0.321 e. The minimum atomic E-state index is 0.513. The third-order valence-electron chi connectivity index (χ3n) is 3.68. The van der Waals surface area contributed by atoms with Gasteiger partial charge in [-0.1, -0.05) is 24.9 Å². The Morgan fingerprint density at radius 3 is 2.65 bits per heavy atom. The van der Waals surface area contributed by atoms with Crippen LogP contribution in [0.25, 0.3) is 0 Å². The maximum atomic E-state index is 5.16. The van der Waals surface area contributed by atoms with Gasteiger partial charge in [-0.25, -0.2) is 0 Å².